The summed E-state index contributed by atoms with van der Waals surface area (Å²) in [5.41, 5.74) is 6.64. The number of carbonyl (C=O) groups excluding carboxylic acids is 3. The number of esters is 1. The Morgan fingerprint density at radius 1 is 0.500 bits per heavy atom. The second kappa shape index (κ2) is 39.3. The van der Waals surface area contributed by atoms with Gasteiger partial charge in [-0.15, -0.1) is 0 Å². The predicted molar refractivity (Wildman–Crippen MR) is 368 cm³/mol. The highest BCUT2D eigenvalue weighted by Crippen LogP contribution is 2.51. The van der Waals surface area contributed by atoms with Crippen LogP contribution < -0.4 is 24.2 Å². The van der Waals surface area contributed by atoms with Crippen LogP contribution in [0.25, 0.3) is 0 Å². The first-order chi connectivity index (χ1) is 46.9. The summed E-state index contributed by atoms with van der Waals surface area (Å²) in [4.78, 5) is 57.1. The van der Waals surface area contributed by atoms with Crippen molar-refractivity contribution in [1.82, 2.24) is 10.0 Å². The minimum absolute atomic E-state index is 0.181. The second-order valence-electron chi connectivity index (χ2n) is 28.6. The summed E-state index contributed by atoms with van der Waals surface area (Å²) in [6, 6.07) is 16.0. The largest absolute Gasteiger partial charge is 0.483 e. The number of amides is 2. The minimum atomic E-state index is -3.61. The molecule has 0 spiro atoms. The third kappa shape index (κ3) is 23.9. The number of hydrogen-bond donors (Lipinski definition) is 11. The molecule has 16 atom stereocenters. The van der Waals surface area contributed by atoms with Gasteiger partial charge in [-0.3, -0.25) is 14.3 Å². The van der Waals surface area contributed by atoms with Gasteiger partial charge in [0.25, 0.3) is 11.8 Å². The molecule has 98 heavy (non-hydrogen) atoms. The number of benzene rings is 3. The third-order valence-corrected chi connectivity index (χ3v) is 22.1. The number of hydrogen-bond acceptors (Lipinski definition) is 18. The molecule has 22 nitrogen and oxygen atoms in total. The van der Waals surface area contributed by atoms with Crippen molar-refractivity contribution in [2.75, 3.05) is 39.3 Å². The zero-order valence-corrected chi connectivity index (χ0v) is 58.8. The van der Waals surface area contributed by atoms with Gasteiger partial charge < -0.3 is 70.2 Å². The molecule has 3 fully saturated rings. The van der Waals surface area contributed by atoms with Gasteiger partial charge in [0.2, 0.25) is 10.0 Å². The van der Waals surface area contributed by atoms with Crippen LogP contribution in [0.5, 0.6) is 17.2 Å². The van der Waals surface area contributed by atoms with E-state index in [-0.39, 0.29) is 74.2 Å². The molecule has 0 saturated heterocycles. The molecule has 3 aromatic carbocycles. The average molecular weight is 1390 g/mol. The van der Waals surface area contributed by atoms with Crippen LogP contribution in [0, 0.1) is 53.3 Å². The predicted octanol–water partition coefficient (Wildman–Crippen LogP) is 7.76. The Morgan fingerprint density at radius 2 is 0.857 bits per heavy atom. The van der Waals surface area contributed by atoms with Gasteiger partial charge in [-0.1, -0.05) is 115 Å². The van der Waals surface area contributed by atoms with E-state index in [9.17, 15) is 63.0 Å². The van der Waals surface area contributed by atoms with Gasteiger partial charge in [0.15, 0.2) is 26.4 Å². The summed E-state index contributed by atoms with van der Waals surface area (Å²) in [5.74, 6) is 0.0202. The molecule has 6 aliphatic carbocycles. The SMILES string of the molecule is CCCCC[C@H](O)CC[C@@H]1[C@H]2Cc3cccc(OCC(=O)NS(C)(=O)=O)c3C[C@H]2C[C@H]1O.CCCCC[C@H](O)CC[C@@H]1[C@H]2Cc3cccc(OCC(=O)N[C@@H](CO)C(=O)O)c3C[C@H]2C[C@H]1O.CCCCC[C@H](O)CC[C@@H]1[C@H]2Cc3cccc(OCC(=O)OCC(=O)O)c3C[C@H]2C[C@H]1O. The van der Waals surface area contributed by atoms with E-state index in [1.54, 1.807) is 0 Å². The average Bonchev–Trinajstić information content (AvgIpc) is 1.59. The van der Waals surface area contributed by atoms with Crippen molar-refractivity contribution in [2.24, 2.45) is 53.3 Å². The molecule has 548 valence electrons. The van der Waals surface area contributed by atoms with Crippen molar-refractivity contribution in [2.45, 2.75) is 237 Å². The molecule has 0 radical (unpaired) electrons. The van der Waals surface area contributed by atoms with E-state index in [1.807, 2.05) is 41.1 Å². The molecule has 3 saturated carbocycles. The molecule has 0 aliphatic heterocycles. The summed E-state index contributed by atoms with van der Waals surface area (Å²) in [6.45, 7) is 4.06. The Kier molecular flexibility index (Phi) is 31.9. The number of aliphatic hydroxyl groups excluding tert-OH is 7. The molecule has 0 heterocycles. The highest BCUT2D eigenvalue weighted by Gasteiger charge is 2.48. The first-order valence-corrected chi connectivity index (χ1v) is 38.1. The van der Waals surface area contributed by atoms with Crippen LogP contribution in [0.1, 0.15) is 189 Å². The fourth-order valence-corrected chi connectivity index (χ4v) is 17.0. The Labute approximate surface area is 579 Å². The zero-order chi connectivity index (χ0) is 71.1. The van der Waals surface area contributed by atoms with Gasteiger partial charge in [-0.05, 0) is 220 Å². The topological polar surface area (TPSA) is 363 Å². The lowest BCUT2D eigenvalue weighted by Crippen LogP contribution is -2.45. The van der Waals surface area contributed by atoms with Crippen molar-refractivity contribution in [3.63, 3.8) is 0 Å². The van der Waals surface area contributed by atoms with E-state index < -0.39 is 59.0 Å². The van der Waals surface area contributed by atoms with E-state index in [2.05, 4.69) is 49.0 Å². The molecular formula is C75H112N2O20S. The van der Waals surface area contributed by atoms with Crippen LogP contribution >= 0.6 is 0 Å². The number of aliphatic hydroxyl groups is 7. The Hall–Kier alpha value is -5.92. The lowest BCUT2D eigenvalue weighted by atomic mass is 9.73. The minimum Gasteiger partial charge on any atom is -0.483 e. The number of aliphatic carboxylic acids is 2. The number of fused-ring (bicyclic) bond motifs is 6. The maximum Gasteiger partial charge on any atom is 0.344 e. The number of carbonyl (C=O) groups is 5. The highest BCUT2D eigenvalue weighted by molar-refractivity contribution is 7.89. The fraction of sp³-hybridized carbons (Fsp3) is 0.693. The highest BCUT2D eigenvalue weighted by atomic mass is 32.2. The number of carboxylic acid groups (broad SMARTS) is 2. The third-order valence-electron chi connectivity index (χ3n) is 21.5. The monoisotopic (exact) mass is 1390 g/mol. The molecule has 3 aromatic rings. The maximum atomic E-state index is 12.1. The maximum absolute atomic E-state index is 12.1. The Balaban J connectivity index is 0.000000207. The second-order valence-corrected chi connectivity index (χ2v) is 30.4. The molecule has 23 heteroatoms. The number of rotatable bonds is 36. The molecule has 6 aliphatic rings. The van der Waals surface area contributed by atoms with Gasteiger partial charge in [0, 0.05) is 0 Å². The standard InChI is InChI=1S/C26H39NO7.C25H36O7.C24H37NO6S/c1-2-3-4-7-18(29)9-10-19-20-11-16-6-5-8-24(21(16)12-17(20)13-23(19)30)34-15-25(31)27-22(14-28)26(32)33;1-2-3-4-7-18(26)9-10-19-20-11-16-6-5-8-23(21(16)12-17(20)13-22(19)27)31-15-25(30)32-14-24(28)29;1-3-4-5-8-18(26)10-11-19-20-12-16-7-6-9-23(21(16)13-17(20)14-22(19)27)31-15-24(28)25-32(2,29)30/h5-6,8,17-20,22-23,28-30H,2-4,7,9-15H2,1H3,(H,27,31)(H,32,33);5-6,8,17-20,22,26-27H,2-4,7,9-15H2,1H3,(H,28,29);6-7,9,17-20,22,26-27H,3-5,8,10-15H2,1-2H3,(H,25,28)/t17-,18-,19+,20-,22-,23+;2*17-,18-,19+,20-,22+/m000/s1. The fourth-order valence-electron chi connectivity index (χ4n) is 16.6. The molecule has 2 amide bonds. The Morgan fingerprint density at radius 3 is 1.18 bits per heavy atom. The number of nitrogens with one attached hydrogen (secondary N) is 2. The molecule has 9 rings (SSSR count). The smallest absolute Gasteiger partial charge is 0.344 e. The lowest BCUT2D eigenvalue weighted by molar-refractivity contribution is -0.156. The summed E-state index contributed by atoms with van der Waals surface area (Å²) >= 11 is 0. The first kappa shape index (κ1) is 79.4. The Bertz CT molecular complexity index is 3150. The van der Waals surface area contributed by atoms with Crippen LogP contribution in [0.2, 0.25) is 0 Å². The van der Waals surface area contributed by atoms with E-state index in [0.717, 1.165) is 207 Å². The van der Waals surface area contributed by atoms with E-state index in [0.29, 0.717) is 52.8 Å². The van der Waals surface area contributed by atoms with Crippen LogP contribution in [-0.4, -0.2) is 166 Å². The molecule has 0 aromatic heterocycles. The lowest BCUT2D eigenvalue weighted by Gasteiger charge is -2.32. The van der Waals surface area contributed by atoms with Crippen LogP contribution in [0.4, 0.5) is 0 Å². The zero-order valence-electron chi connectivity index (χ0n) is 58.0. The van der Waals surface area contributed by atoms with Crippen LogP contribution in [-0.2, 0) is 77.3 Å². The first-order valence-electron chi connectivity index (χ1n) is 36.2. The normalized spacial score (nSPS) is 25.3. The summed E-state index contributed by atoms with van der Waals surface area (Å²) in [7, 11) is -3.61. The summed E-state index contributed by atoms with van der Waals surface area (Å²) in [6.07, 6.45) is 23.3. The molecular weight excluding hydrogens is 1280 g/mol. The van der Waals surface area contributed by atoms with E-state index >= 15 is 0 Å². The number of ether oxygens (including phenoxy) is 4. The van der Waals surface area contributed by atoms with Crippen molar-refractivity contribution in [1.29, 1.82) is 0 Å². The van der Waals surface area contributed by atoms with Gasteiger partial charge in [-0.25, -0.2) is 22.8 Å². The summed E-state index contributed by atoms with van der Waals surface area (Å²) in [5, 5.41) is 92.1. The van der Waals surface area contributed by atoms with Crippen molar-refractivity contribution in [3.8, 4) is 17.2 Å². The van der Waals surface area contributed by atoms with Gasteiger partial charge in [0.1, 0.15) is 23.3 Å². The quantitative estimate of drug-likeness (QED) is 0.0196. The number of sulfonamides is 1. The molecule has 11 N–H and O–H groups in total. The van der Waals surface area contributed by atoms with Gasteiger partial charge in [-0.2, -0.15) is 0 Å². The van der Waals surface area contributed by atoms with Crippen molar-refractivity contribution in [3.05, 3.63) is 88.0 Å². The number of unbranched alkanes of at least 4 members (excludes halogenated alkanes) is 6. The summed E-state index contributed by atoms with van der Waals surface area (Å²) < 4.78 is 46.0. The van der Waals surface area contributed by atoms with Crippen molar-refractivity contribution >= 4 is 39.7 Å². The van der Waals surface area contributed by atoms with Gasteiger partial charge in [0.05, 0.1) is 49.5 Å². The molecule has 0 unspecified atom stereocenters. The number of carboxylic acids is 2. The molecule has 0 bridgehead atoms. The van der Waals surface area contributed by atoms with Crippen LogP contribution in [0.15, 0.2) is 54.6 Å². The van der Waals surface area contributed by atoms with Gasteiger partial charge >= 0.3 is 17.9 Å². The van der Waals surface area contributed by atoms with Crippen LogP contribution in [0.3, 0.4) is 0 Å². The van der Waals surface area contributed by atoms with E-state index in [4.69, 9.17) is 29.5 Å². The van der Waals surface area contributed by atoms with E-state index in [1.165, 1.54) is 5.56 Å². The van der Waals surface area contributed by atoms with Crippen molar-refractivity contribution < 1.29 is 97.3 Å².